The van der Waals surface area contributed by atoms with Crippen molar-refractivity contribution in [3.8, 4) is 0 Å². The third-order valence-corrected chi connectivity index (χ3v) is 3.36. The number of amides is 1. The van der Waals surface area contributed by atoms with Crippen LogP contribution in [0.2, 0.25) is 0 Å². The molecule has 98 valence electrons. The van der Waals surface area contributed by atoms with Gasteiger partial charge in [-0.3, -0.25) is 4.79 Å². The first kappa shape index (κ1) is 12.8. The Labute approximate surface area is 105 Å². The molecule has 0 saturated heterocycles. The van der Waals surface area contributed by atoms with Gasteiger partial charge in [0.2, 0.25) is 0 Å². The van der Waals surface area contributed by atoms with Crippen molar-refractivity contribution in [1.82, 2.24) is 4.90 Å². The SMILES string of the molecule is Nc1cc(C(=O)N(CCO)C2CCC2)ccc1F. The van der Waals surface area contributed by atoms with E-state index in [1.165, 1.54) is 18.2 Å². The van der Waals surface area contributed by atoms with Crippen molar-refractivity contribution in [2.75, 3.05) is 18.9 Å². The van der Waals surface area contributed by atoms with Gasteiger partial charge in [0, 0.05) is 18.2 Å². The molecule has 0 aliphatic heterocycles. The molecule has 1 fully saturated rings. The molecule has 0 heterocycles. The molecule has 1 amide bonds. The molecule has 1 aromatic carbocycles. The minimum atomic E-state index is -0.524. The van der Waals surface area contributed by atoms with E-state index < -0.39 is 5.82 Å². The highest BCUT2D eigenvalue weighted by Crippen LogP contribution is 2.26. The van der Waals surface area contributed by atoms with Crippen LogP contribution in [0, 0.1) is 5.82 Å². The van der Waals surface area contributed by atoms with E-state index in [1.807, 2.05) is 0 Å². The molecule has 0 bridgehead atoms. The third kappa shape index (κ3) is 2.46. The topological polar surface area (TPSA) is 66.6 Å². The second kappa shape index (κ2) is 5.35. The molecule has 3 N–H and O–H groups in total. The number of anilines is 1. The normalized spacial score (nSPS) is 15.2. The van der Waals surface area contributed by atoms with Gasteiger partial charge in [0.15, 0.2) is 0 Å². The molecule has 1 saturated carbocycles. The summed E-state index contributed by atoms with van der Waals surface area (Å²) >= 11 is 0. The smallest absolute Gasteiger partial charge is 0.254 e. The standard InChI is InChI=1S/C13H17FN2O2/c14-11-5-4-9(8-12(11)15)13(18)16(6-7-17)10-2-1-3-10/h4-5,8,10,17H,1-3,6-7,15H2. The Bertz CT molecular complexity index is 447. The Morgan fingerprint density at radius 3 is 2.72 bits per heavy atom. The van der Waals surface area contributed by atoms with Crippen LogP contribution >= 0.6 is 0 Å². The van der Waals surface area contributed by atoms with Gasteiger partial charge in [0.25, 0.3) is 5.91 Å². The number of aliphatic hydroxyl groups is 1. The number of nitrogens with zero attached hydrogens (tertiary/aromatic N) is 1. The number of nitrogen functional groups attached to an aromatic ring is 1. The lowest BCUT2D eigenvalue weighted by atomic mass is 9.91. The van der Waals surface area contributed by atoms with Gasteiger partial charge in [-0.2, -0.15) is 0 Å². The molecule has 1 aliphatic rings. The molecule has 0 unspecified atom stereocenters. The first-order valence-corrected chi connectivity index (χ1v) is 6.10. The Morgan fingerprint density at radius 2 is 2.22 bits per heavy atom. The van der Waals surface area contributed by atoms with Crippen molar-refractivity contribution in [2.24, 2.45) is 0 Å². The predicted molar refractivity (Wildman–Crippen MR) is 66.6 cm³/mol. The Balaban J connectivity index is 2.18. The van der Waals surface area contributed by atoms with E-state index in [9.17, 15) is 9.18 Å². The third-order valence-electron chi connectivity index (χ3n) is 3.36. The maximum Gasteiger partial charge on any atom is 0.254 e. The minimum absolute atomic E-state index is 0.0293. The van der Waals surface area contributed by atoms with Crippen LogP contribution in [0.5, 0.6) is 0 Å². The molecule has 0 radical (unpaired) electrons. The van der Waals surface area contributed by atoms with Crippen molar-refractivity contribution >= 4 is 11.6 Å². The molecule has 0 spiro atoms. The van der Waals surface area contributed by atoms with Gasteiger partial charge in [-0.25, -0.2) is 4.39 Å². The molecule has 1 aromatic rings. The summed E-state index contributed by atoms with van der Waals surface area (Å²) in [6.07, 6.45) is 3.02. The van der Waals surface area contributed by atoms with Crippen molar-refractivity contribution in [2.45, 2.75) is 25.3 Å². The van der Waals surface area contributed by atoms with E-state index in [-0.39, 0.29) is 24.2 Å². The Kier molecular flexibility index (Phi) is 3.81. The van der Waals surface area contributed by atoms with Crippen molar-refractivity contribution in [3.05, 3.63) is 29.6 Å². The second-order valence-electron chi connectivity index (χ2n) is 4.54. The van der Waals surface area contributed by atoms with Gasteiger partial charge in [-0.05, 0) is 37.5 Å². The zero-order valence-corrected chi connectivity index (χ0v) is 10.1. The number of benzene rings is 1. The summed E-state index contributed by atoms with van der Waals surface area (Å²) in [7, 11) is 0. The van der Waals surface area contributed by atoms with Crippen LogP contribution in [0.3, 0.4) is 0 Å². The highest BCUT2D eigenvalue weighted by Gasteiger charge is 2.29. The van der Waals surface area contributed by atoms with Crippen LogP contribution in [0.15, 0.2) is 18.2 Å². The average molecular weight is 252 g/mol. The number of hydrogen-bond donors (Lipinski definition) is 2. The molecule has 5 heteroatoms. The van der Waals surface area contributed by atoms with Crippen LogP contribution < -0.4 is 5.73 Å². The largest absolute Gasteiger partial charge is 0.396 e. The zero-order chi connectivity index (χ0) is 13.1. The monoisotopic (exact) mass is 252 g/mol. The summed E-state index contributed by atoms with van der Waals surface area (Å²) in [4.78, 5) is 13.9. The molecular weight excluding hydrogens is 235 g/mol. The highest BCUT2D eigenvalue weighted by atomic mass is 19.1. The first-order valence-electron chi connectivity index (χ1n) is 6.10. The van der Waals surface area contributed by atoms with Crippen molar-refractivity contribution in [1.29, 1.82) is 0 Å². The molecule has 0 atom stereocenters. The van der Waals surface area contributed by atoms with Gasteiger partial charge in [-0.15, -0.1) is 0 Å². The molecule has 18 heavy (non-hydrogen) atoms. The maximum absolute atomic E-state index is 13.1. The van der Waals surface area contributed by atoms with E-state index in [0.29, 0.717) is 12.1 Å². The van der Waals surface area contributed by atoms with Gasteiger partial charge >= 0.3 is 0 Å². The Hall–Kier alpha value is -1.62. The first-order chi connectivity index (χ1) is 8.63. The number of carbonyl (C=O) groups excluding carboxylic acids is 1. The summed E-state index contributed by atoms with van der Waals surface area (Å²) < 4.78 is 13.1. The fourth-order valence-corrected chi connectivity index (χ4v) is 2.10. The molecular formula is C13H17FN2O2. The van der Waals surface area contributed by atoms with Gasteiger partial charge in [0.05, 0.1) is 12.3 Å². The van der Waals surface area contributed by atoms with Crippen molar-refractivity contribution < 1.29 is 14.3 Å². The lowest BCUT2D eigenvalue weighted by Crippen LogP contribution is -2.45. The zero-order valence-electron chi connectivity index (χ0n) is 10.1. The van der Waals surface area contributed by atoms with Crippen LogP contribution in [0.4, 0.5) is 10.1 Å². The number of hydrogen-bond acceptors (Lipinski definition) is 3. The van der Waals surface area contributed by atoms with Crippen LogP contribution in [-0.2, 0) is 0 Å². The Morgan fingerprint density at radius 1 is 1.50 bits per heavy atom. The van der Waals surface area contributed by atoms with Crippen LogP contribution in [0.1, 0.15) is 29.6 Å². The number of carbonyl (C=O) groups is 1. The van der Waals surface area contributed by atoms with E-state index in [0.717, 1.165) is 19.3 Å². The molecule has 4 nitrogen and oxygen atoms in total. The summed E-state index contributed by atoms with van der Waals surface area (Å²) in [6, 6.07) is 4.16. The molecule has 0 aromatic heterocycles. The summed E-state index contributed by atoms with van der Waals surface area (Å²) in [5, 5.41) is 9.02. The highest BCUT2D eigenvalue weighted by molar-refractivity contribution is 5.95. The number of halogens is 1. The van der Waals surface area contributed by atoms with E-state index in [2.05, 4.69) is 0 Å². The summed E-state index contributed by atoms with van der Waals surface area (Å²) in [5.41, 5.74) is 5.80. The number of rotatable bonds is 4. The van der Waals surface area contributed by atoms with E-state index in [1.54, 1.807) is 4.90 Å². The van der Waals surface area contributed by atoms with Crippen LogP contribution in [-0.4, -0.2) is 35.1 Å². The number of nitrogens with two attached hydrogens (primary N) is 1. The van der Waals surface area contributed by atoms with Crippen molar-refractivity contribution in [3.63, 3.8) is 0 Å². The van der Waals surface area contributed by atoms with Gasteiger partial charge in [-0.1, -0.05) is 0 Å². The average Bonchev–Trinajstić information content (AvgIpc) is 2.29. The lowest BCUT2D eigenvalue weighted by molar-refractivity contribution is 0.0526. The lowest BCUT2D eigenvalue weighted by Gasteiger charge is -2.37. The fraction of sp³-hybridized carbons (Fsp3) is 0.462. The molecule has 1 aliphatic carbocycles. The fourth-order valence-electron chi connectivity index (χ4n) is 2.10. The minimum Gasteiger partial charge on any atom is -0.396 e. The van der Waals surface area contributed by atoms with E-state index in [4.69, 9.17) is 10.8 Å². The van der Waals surface area contributed by atoms with E-state index >= 15 is 0 Å². The quantitative estimate of drug-likeness (QED) is 0.796. The predicted octanol–water partition coefficient (Wildman–Crippen LogP) is 1.39. The summed E-state index contributed by atoms with van der Waals surface area (Å²) in [6.45, 7) is 0.236. The maximum atomic E-state index is 13.1. The van der Waals surface area contributed by atoms with Gasteiger partial charge < -0.3 is 15.7 Å². The molecule has 2 rings (SSSR count). The second-order valence-corrected chi connectivity index (χ2v) is 4.54. The van der Waals surface area contributed by atoms with Crippen LogP contribution in [0.25, 0.3) is 0 Å². The summed E-state index contributed by atoms with van der Waals surface area (Å²) in [5.74, 6) is -0.718. The number of aliphatic hydroxyl groups excluding tert-OH is 1. The van der Waals surface area contributed by atoms with Gasteiger partial charge in [0.1, 0.15) is 5.82 Å².